The summed E-state index contributed by atoms with van der Waals surface area (Å²) in [4.78, 5) is 11.2. The maximum absolute atomic E-state index is 4.48. The molecule has 4 heteroatoms. The number of nitrogens with one attached hydrogen (secondary N) is 1. The van der Waals surface area contributed by atoms with Crippen LogP contribution in [0, 0.1) is 0 Å². The molecule has 0 saturated carbocycles. The van der Waals surface area contributed by atoms with Crippen molar-refractivity contribution in [2.45, 2.75) is 0 Å². The number of nitrogens with zero attached hydrogens (tertiary/aromatic N) is 3. The van der Waals surface area contributed by atoms with E-state index in [2.05, 4.69) is 26.8 Å². The van der Waals surface area contributed by atoms with E-state index in [1.165, 1.54) is 0 Å². The van der Waals surface area contributed by atoms with Crippen molar-refractivity contribution in [3.8, 4) is 0 Å². The van der Waals surface area contributed by atoms with Crippen molar-refractivity contribution in [1.29, 1.82) is 0 Å². The third kappa shape index (κ3) is 2.70. The molecule has 0 spiro atoms. The predicted octanol–water partition coefficient (Wildman–Crippen LogP) is 1.95. The van der Waals surface area contributed by atoms with Gasteiger partial charge in [0.05, 0.1) is 0 Å². The molecular weight excluding hydrogens is 248 g/mol. The quantitative estimate of drug-likeness (QED) is 0.922. The van der Waals surface area contributed by atoms with Gasteiger partial charge in [-0.25, -0.2) is 9.97 Å². The lowest BCUT2D eigenvalue weighted by Gasteiger charge is -2.27. The lowest BCUT2D eigenvalue weighted by Crippen LogP contribution is -2.44. The van der Waals surface area contributed by atoms with Gasteiger partial charge in [-0.3, -0.25) is 0 Å². The van der Waals surface area contributed by atoms with E-state index in [0.29, 0.717) is 0 Å². The molecule has 1 saturated heterocycles. The minimum Gasteiger partial charge on any atom is -0.338 e. The molecule has 1 aromatic heterocycles. The third-order valence-corrected chi connectivity index (χ3v) is 3.51. The number of benzene rings is 1. The maximum Gasteiger partial charge on any atom is 0.225 e. The van der Waals surface area contributed by atoms with Gasteiger partial charge in [0.25, 0.3) is 0 Å². The van der Waals surface area contributed by atoms with Crippen molar-refractivity contribution in [1.82, 2.24) is 15.3 Å². The molecule has 0 amide bonds. The average molecular weight is 266 g/mol. The molecule has 0 aliphatic carbocycles. The number of rotatable bonds is 3. The Morgan fingerprint density at radius 3 is 2.30 bits per heavy atom. The fraction of sp³-hybridized carbons (Fsp3) is 0.250. The van der Waals surface area contributed by atoms with Crippen LogP contribution in [0.3, 0.4) is 0 Å². The Morgan fingerprint density at radius 1 is 1.00 bits per heavy atom. The standard InChI is InChI=1S/C16H18N4/c1-13(14-5-3-2-4-6-14)15-11-18-16(19-12-15)20-9-7-17-8-10-20/h2-6,11-12,17H,1,7-10H2. The van der Waals surface area contributed by atoms with Crippen LogP contribution in [-0.2, 0) is 0 Å². The first-order chi connectivity index (χ1) is 9.84. The number of hydrogen-bond donors (Lipinski definition) is 1. The first-order valence-electron chi connectivity index (χ1n) is 6.87. The van der Waals surface area contributed by atoms with Crippen LogP contribution in [0.1, 0.15) is 11.1 Å². The van der Waals surface area contributed by atoms with Crippen LogP contribution in [0.25, 0.3) is 5.57 Å². The molecule has 102 valence electrons. The molecule has 20 heavy (non-hydrogen) atoms. The van der Waals surface area contributed by atoms with Gasteiger partial charge in [0.2, 0.25) is 5.95 Å². The van der Waals surface area contributed by atoms with Gasteiger partial charge >= 0.3 is 0 Å². The first-order valence-corrected chi connectivity index (χ1v) is 6.87. The SMILES string of the molecule is C=C(c1ccccc1)c1cnc(N2CCNCC2)nc1. The molecule has 1 aliphatic heterocycles. The molecule has 4 nitrogen and oxygen atoms in total. The summed E-state index contributed by atoms with van der Waals surface area (Å²) >= 11 is 0. The molecule has 1 N–H and O–H groups in total. The molecule has 0 atom stereocenters. The van der Waals surface area contributed by atoms with Crippen molar-refractivity contribution in [2.24, 2.45) is 0 Å². The molecule has 2 heterocycles. The van der Waals surface area contributed by atoms with E-state index in [0.717, 1.165) is 48.8 Å². The van der Waals surface area contributed by atoms with E-state index in [1.54, 1.807) is 0 Å². The average Bonchev–Trinajstić information content (AvgIpc) is 2.56. The van der Waals surface area contributed by atoms with Gasteiger partial charge < -0.3 is 10.2 Å². The minimum atomic E-state index is 0.802. The molecule has 2 aromatic rings. The highest BCUT2D eigenvalue weighted by atomic mass is 15.3. The van der Waals surface area contributed by atoms with Gasteiger partial charge in [-0.05, 0) is 11.1 Å². The zero-order valence-corrected chi connectivity index (χ0v) is 11.4. The van der Waals surface area contributed by atoms with Gasteiger partial charge in [-0.1, -0.05) is 36.9 Å². The lowest BCUT2D eigenvalue weighted by atomic mass is 10.0. The van der Waals surface area contributed by atoms with E-state index in [4.69, 9.17) is 0 Å². The van der Waals surface area contributed by atoms with Crippen LogP contribution in [0.5, 0.6) is 0 Å². The fourth-order valence-corrected chi connectivity index (χ4v) is 2.31. The second kappa shape index (κ2) is 5.84. The zero-order chi connectivity index (χ0) is 13.8. The van der Waals surface area contributed by atoms with Crippen molar-refractivity contribution in [2.75, 3.05) is 31.1 Å². The van der Waals surface area contributed by atoms with Crippen molar-refractivity contribution in [3.63, 3.8) is 0 Å². The van der Waals surface area contributed by atoms with Gasteiger partial charge in [0.1, 0.15) is 0 Å². The molecule has 0 bridgehead atoms. The van der Waals surface area contributed by atoms with Crippen LogP contribution in [0.2, 0.25) is 0 Å². The smallest absolute Gasteiger partial charge is 0.225 e. The predicted molar refractivity (Wildman–Crippen MR) is 81.7 cm³/mol. The normalized spacial score (nSPS) is 15.1. The Morgan fingerprint density at radius 2 is 1.65 bits per heavy atom. The molecule has 0 unspecified atom stereocenters. The zero-order valence-electron chi connectivity index (χ0n) is 11.4. The summed E-state index contributed by atoms with van der Waals surface area (Å²) in [6.07, 6.45) is 3.72. The largest absolute Gasteiger partial charge is 0.338 e. The molecule has 3 rings (SSSR count). The van der Waals surface area contributed by atoms with Gasteiger partial charge in [-0.15, -0.1) is 0 Å². The van der Waals surface area contributed by atoms with Crippen LogP contribution in [-0.4, -0.2) is 36.1 Å². The summed E-state index contributed by atoms with van der Waals surface area (Å²) in [5, 5.41) is 3.32. The highest BCUT2D eigenvalue weighted by Gasteiger charge is 2.13. The van der Waals surface area contributed by atoms with Crippen molar-refractivity contribution >= 4 is 11.5 Å². The van der Waals surface area contributed by atoms with Crippen molar-refractivity contribution in [3.05, 3.63) is 60.4 Å². The summed E-state index contributed by atoms with van der Waals surface area (Å²) in [6, 6.07) is 10.1. The van der Waals surface area contributed by atoms with E-state index in [-0.39, 0.29) is 0 Å². The Kier molecular flexibility index (Phi) is 3.74. The van der Waals surface area contributed by atoms with Crippen LogP contribution >= 0.6 is 0 Å². The van der Waals surface area contributed by atoms with Gasteiger partial charge in [-0.2, -0.15) is 0 Å². The van der Waals surface area contributed by atoms with Gasteiger partial charge in [0, 0.05) is 44.1 Å². The molecular formula is C16H18N4. The van der Waals surface area contributed by atoms with E-state index < -0.39 is 0 Å². The number of aromatic nitrogens is 2. The summed E-state index contributed by atoms with van der Waals surface area (Å²) in [7, 11) is 0. The summed E-state index contributed by atoms with van der Waals surface area (Å²) in [6.45, 7) is 8.02. The third-order valence-electron chi connectivity index (χ3n) is 3.51. The summed E-state index contributed by atoms with van der Waals surface area (Å²) in [5.41, 5.74) is 3.03. The summed E-state index contributed by atoms with van der Waals surface area (Å²) < 4.78 is 0. The molecule has 0 radical (unpaired) electrons. The number of piperazine rings is 1. The summed E-state index contributed by atoms with van der Waals surface area (Å²) in [5.74, 6) is 0.802. The topological polar surface area (TPSA) is 41.1 Å². The number of hydrogen-bond acceptors (Lipinski definition) is 4. The highest BCUT2D eigenvalue weighted by Crippen LogP contribution is 2.20. The van der Waals surface area contributed by atoms with E-state index >= 15 is 0 Å². The van der Waals surface area contributed by atoms with Crippen LogP contribution in [0.15, 0.2) is 49.3 Å². The van der Waals surface area contributed by atoms with Crippen LogP contribution in [0.4, 0.5) is 5.95 Å². The van der Waals surface area contributed by atoms with E-state index in [9.17, 15) is 0 Å². The Labute approximate surface area is 119 Å². The number of anilines is 1. The highest BCUT2D eigenvalue weighted by molar-refractivity contribution is 5.77. The van der Waals surface area contributed by atoms with Crippen molar-refractivity contribution < 1.29 is 0 Å². The molecule has 1 aromatic carbocycles. The maximum atomic E-state index is 4.48. The second-order valence-corrected chi connectivity index (χ2v) is 4.85. The molecule has 1 fully saturated rings. The minimum absolute atomic E-state index is 0.802. The Balaban J connectivity index is 1.77. The Bertz CT molecular complexity index is 571. The van der Waals surface area contributed by atoms with E-state index in [1.807, 2.05) is 42.7 Å². The Hall–Kier alpha value is -2.20. The fourth-order valence-electron chi connectivity index (χ4n) is 2.31. The lowest BCUT2D eigenvalue weighted by molar-refractivity contribution is 0.580. The monoisotopic (exact) mass is 266 g/mol. The molecule has 1 aliphatic rings. The first kappa shape index (κ1) is 12.8. The van der Waals surface area contributed by atoms with Gasteiger partial charge in [0.15, 0.2) is 0 Å². The van der Waals surface area contributed by atoms with Crippen LogP contribution < -0.4 is 10.2 Å². The second-order valence-electron chi connectivity index (χ2n) is 4.85.